The monoisotopic (exact) mass is 425 g/mol. The molecule has 0 saturated carbocycles. The molecule has 4 heteroatoms. The number of nitrogens with one attached hydrogen (secondary N) is 1. The molecule has 0 radical (unpaired) electrons. The first-order valence-corrected chi connectivity index (χ1v) is 10.8. The zero-order valence-electron chi connectivity index (χ0n) is 18.6. The third-order valence-corrected chi connectivity index (χ3v) is 5.59. The number of benzene rings is 4. The van der Waals surface area contributed by atoms with Crippen LogP contribution < -0.4 is 14.8 Å². The van der Waals surface area contributed by atoms with Gasteiger partial charge in [-0.1, -0.05) is 42.5 Å². The molecule has 4 rings (SSSR count). The van der Waals surface area contributed by atoms with Crippen LogP contribution in [0.4, 0.5) is 5.69 Å². The van der Waals surface area contributed by atoms with Crippen LogP contribution in [0.25, 0.3) is 10.8 Å². The van der Waals surface area contributed by atoms with Gasteiger partial charge < -0.3 is 14.8 Å². The fraction of sp³-hybridized carbons (Fsp3) is 0.179. The van der Waals surface area contributed by atoms with Gasteiger partial charge in [0.05, 0.1) is 6.61 Å². The van der Waals surface area contributed by atoms with Crippen LogP contribution in [0.1, 0.15) is 34.0 Å². The number of aryl methyl sites for hydroxylation is 1. The minimum atomic E-state index is -0.159. The molecule has 0 bridgehead atoms. The maximum atomic E-state index is 12.9. The molecule has 162 valence electrons. The van der Waals surface area contributed by atoms with Crippen molar-refractivity contribution in [1.82, 2.24) is 0 Å². The molecule has 0 aliphatic rings. The van der Waals surface area contributed by atoms with Crippen LogP contribution in [0.15, 0.2) is 78.9 Å². The zero-order chi connectivity index (χ0) is 22.5. The average molecular weight is 426 g/mol. The first-order chi connectivity index (χ1) is 15.5. The van der Waals surface area contributed by atoms with E-state index >= 15 is 0 Å². The van der Waals surface area contributed by atoms with E-state index in [4.69, 9.17) is 9.47 Å². The molecule has 0 aliphatic heterocycles. The van der Waals surface area contributed by atoms with E-state index in [1.807, 2.05) is 81.4 Å². The molecule has 1 N–H and O–H groups in total. The Balaban J connectivity index is 1.55. The normalized spacial score (nSPS) is 10.7. The van der Waals surface area contributed by atoms with Crippen LogP contribution in [0.5, 0.6) is 11.5 Å². The fourth-order valence-corrected chi connectivity index (χ4v) is 3.63. The van der Waals surface area contributed by atoms with Gasteiger partial charge in [0, 0.05) is 16.8 Å². The van der Waals surface area contributed by atoms with Crippen molar-refractivity contribution in [2.45, 2.75) is 27.4 Å². The summed E-state index contributed by atoms with van der Waals surface area (Å²) < 4.78 is 11.8. The summed E-state index contributed by atoms with van der Waals surface area (Å²) in [6.07, 6.45) is 0. The molecular weight excluding hydrogens is 398 g/mol. The number of rotatable bonds is 7. The summed E-state index contributed by atoms with van der Waals surface area (Å²) in [5.41, 5.74) is 4.41. The van der Waals surface area contributed by atoms with Crippen molar-refractivity contribution in [2.75, 3.05) is 11.9 Å². The molecule has 0 unspecified atom stereocenters. The Morgan fingerprint density at radius 1 is 0.844 bits per heavy atom. The molecule has 0 saturated heterocycles. The second-order valence-electron chi connectivity index (χ2n) is 7.75. The lowest BCUT2D eigenvalue weighted by atomic mass is 10.1. The molecule has 0 aliphatic carbocycles. The highest BCUT2D eigenvalue weighted by Crippen LogP contribution is 2.26. The fourth-order valence-electron chi connectivity index (χ4n) is 3.63. The molecule has 4 aromatic rings. The number of carbonyl (C=O) groups excluding carboxylic acids is 1. The molecule has 32 heavy (non-hydrogen) atoms. The van der Waals surface area contributed by atoms with E-state index in [0.717, 1.165) is 39.3 Å². The SMILES string of the molecule is CCOc1ccc(C(=O)Nc2cccc(C)c2C)cc1COc1ccc2ccccc2c1. The number of carbonyl (C=O) groups is 1. The van der Waals surface area contributed by atoms with Gasteiger partial charge in [0.1, 0.15) is 18.1 Å². The number of anilines is 1. The summed E-state index contributed by atoms with van der Waals surface area (Å²) in [6.45, 7) is 6.82. The highest BCUT2D eigenvalue weighted by molar-refractivity contribution is 6.05. The minimum absolute atomic E-state index is 0.159. The predicted molar refractivity (Wildman–Crippen MR) is 130 cm³/mol. The summed E-state index contributed by atoms with van der Waals surface area (Å²) in [4.78, 5) is 12.9. The lowest BCUT2D eigenvalue weighted by Crippen LogP contribution is -2.14. The first kappa shape index (κ1) is 21.4. The van der Waals surface area contributed by atoms with Gasteiger partial charge in [0.2, 0.25) is 0 Å². The van der Waals surface area contributed by atoms with Crippen LogP contribution in [0, 0.1) is 13.8 Å². The van der Waals surface area contributed by atoms with Crippen molar-refractivity contribution < 1.29 is 14.3 Å². The van der Waals surface area contributed by atoms with Crippen molar-refractivity contribution >= 4 is 22.4 Å². The van der Waals surface area contributed by atoms with E-state index in [9.17, 15) is 4.79 Å². The molecule has 4 aromatic carbocycles. The van der Waals surface area contributed by atoms with E-state index in [0.29, 0.717) is 18.8 Å². The van der Waals surface area contributed by atoms with Crippen LogP contribution in [-0.2, 0) is 6.61 Å². The van der Waals surface area contributed by atoms with Crippen LogP contribution >= 0.6 is 0 Å². The summed E-state index contributed by atoms with van der Waals surface area (Å²) in [5.74, 6) is 1.33. The first-order valence-electron chi connectivity index (χ1n) is 10.8. The quantitative estimate of drug-likeness (QED) is 0.359. The van der Waals surface area contributed by atoms with Gasteiger partial charge in [-0.3, -0.25) is 4.79 Å². The molecule has 0 spiro atoms. The Morgan fingerprint density at radius 3 is 2.47 bits per heavy atom. The maximum Gasteiger partial charge on any atom is 0.255 e. The zero-order valence-corrected chi connectivity index (χ0v) is 18.6. The highest BCUT2D eigenvalue weighted by atomic mass is 16.5. The highest BCUT2D eigenvalue weighted by Gasteiger charge is 2.13. The largest absolute Gasteiger partial charge is 0.493 e. The topological polar surface area (TPSA) is 47.6 Å². The lowest BCUT2D eigenvalue weighted by molar-refractivity contribution is 0.102. The number of amides is 1. The second-order valence-corrected chi connectivity index (χ2v) is 7.75. The smallest absolute Gasteiger partial charge is 0.255 e. The number of hydrogen-bond acceptors (Lipinski definition) is 3. The maximum absolute atomic E-state index is 12.9. The predicted octanol–water partition coefficient (Wildman–Crippen LogP) is 6.69. The van der Waals surface area contributed by atoms with Crippen molar-refractivity contribution in [3.63, 3.8) is 0 Å². The minimum Gasteiger partial charge on any atom is -0.493 e. The van der Waals surface area contributed by atoms with Crippen LogP contribution in [0.3, 0.4) is 0 Å². The van der Waals surface area contributed by atoms with Gasteiger partial charge in [0.15, 0.2) is 0 Å². The molecule has 0 fully saturated rings. The molecule has 0 atom stereocenters. The summed E-state index contributed by atoms with van der Waals surface area (Å²) in [6, 6.07) is 25.5. The Bertz CT molecular complexity index is 1260. The summed E-state index contributed by atoms with van der Waals surface area (Å²) in [7, 11) is 0. The van der Waals surface area contributed by atoms with Crippen molar-refractivity contribution in [3.8, 4) is 11.5 Å². The van der Waals surface area contributed by atoms with Gasteiger partial charge in [-0.05, 0) is 79.1 Å². The average Bonchev–Trinajstić information content (AvgIpc) is 2.81. The van der Waals surface area contributed by atoms with Crippen LogP contribution in [0.2, 0.25) is 0 Å². The second kappa shape index (κ2) is 9.56. The Hall–Kier alpha value is -3.79. The van der Waals surface area contributed by atoms with Crippen molar-refractivity contribution in [2.24, 2.45) is 0 Å². The van der Waals surface area contributed by atoms with Crippen molar-refractivity contribution in [3.05, 3.63) is 101 Å². The standard InChI is InChI=1S/C28H27NO3/c1-4-31-27-15-13-23(28(30)29-26-11-7-8-19(2)20(26)3)16-24(27)18-32-25-14-12-21-9-5-6-10-22(21)17-25/h5-17H,4,18H2,1-3H3,(H,29,30). The number of ether oxygens (including phenoxy) is 2. The van der Waals surface area contributed by atoms with E-state index in [2.05, 4.69) is 17.4 Å². The van der Waals surface area contributed by atoms with E-state index in [1.54, 1.807) is 6.07 Å². The third kappa shape index (κ3) is 4.75. The van der Waals surface area contributed by atoms with Crippen molar-refractivity contribution in [1.29, 1.82) is 0 Å². The lowest BCUT2D eigenvalue weighted by Gasteiger charge is -2.15. The van der Waals surface area contributed by atoms with E-state index in [-0.39, 0.29) is 5.91 Å². The van der Waals surface area contributed by atoms with E-state index in [1.165, 1.54) is 5.39 Å². The molecular formula is C28H27NO3. The molecule has 1 amide bonds. The van der Waals surface area contributed by atoms with Gasteiger partial charge in [0.25, 0.3) is 5.91 Å². The van der Waals surface area contributed by atoms with Gasteiger partial charge in [-0.2, -0.15) is 0 Å². The Morgan fingerprint density at radius 2 is 1.66 bits per heavy atom. The van der Waals surface area contributed by atoms with Gasteiger partial charge in [-0.25, -0.2) is 0 Å². The summed E-state index contributed by atoms with van der Waals surface area (Å²) in [5, 5.41) is 5.31. The van der Waals surface area contributed by atoms with Gasteiger partial charge in [-0.15, -0.1) is 0 Å². The number of hydrogen-bond donors (Lipinski definition) is 1. The van der Waals surface area contributed by atoms with Crippen LogP contribution in [-0.4, -0.2) is 12.5 Å². The molecule has 4 nitrogen and oxygen atoms in total. The van der Waals surface area contributed by atoms with Gasteiger partial charge >= 0.3 is 0 Å². The Labute approximate surface area is 188 Å². The number of fused-ring (bicyclic) bond motifs is 1. The molecule has 0 heterocycles. The molecule has 0 aromatic heterocycles. The Kier molecular flexibility index (Phi) is 6.41. The van der Waals surface area contributed by atoms with E-state index < -0.39 is 0 Å². The third-order valence-electron chi connectivity index (χ3n) is 5.59. The summed E-state index contributed by atoms with van der Waals surface area (Å²) >= 11 is 0.